The van der Waals surface area contributed by atoms with E-state index in [2.05, 4.69) is 46.5 Å². The first-order valence-corrected chi connectivity index (χ1v) is 11.3. The molecule has 34 heavy (non-hydrogen) atoms. The Bertz CT molecular complexity index is 1330. The van der Waals surface area contributed by atoms with Crippen LogP contribution in [0.5, 0.6) is 0 Å². The SMILES string of the molecule is CCc1ccc(-c2c(-c3ccccc3)oc3ncnc(N[C@@H]4C=C[C@@H](OCC(=O)O)C4)c23)cc1. The Labute approximate surface area is 197 Å². The zero-order chi connectivity index (χ0) is 23.5. The van der Waals surface area contributed by atoms with Gasteiger partial charge in [-0.05, 0) is 17.5 Å². The maximum atomic E-state index is 10.8. The molecule has 2 heterocycles. The summed E-state index contributed by atoms with van der Waals surface area (Å²) in [6, 6.07) is 18.4. The Hall–Kier alpha value is -3.97. The number of rotatable bonds is 8. The molecule has 0 saturated heterocycles. The van der Waals surface area contributed by atoms with E-state index in [0.29, 0.717) is 18.0 Å². The second-order valence-electron chi connectivity index (χ2n) is 8.24. The van der Waals surface area contributed by atoms with Crippen LogP contribution in [0.15, 0.2) is 77.5 Å². The summed E-state index contributed by atoms with van der Waals surface area (Å²) in [7, 11) is 0. The molecular weight excluding hydrogens is 430 g/mol. The number of aliphatic carboxylic acids is 1. The van der Waals surface area contributed by atoms with Crippen LogP contribution in [0.1, 0.15) is 18.9 Å². The molecule has 0 spiro atoms. The van der Waals surface area contributed by atoms with Gasteiger partial charge in [-0.25, -0.2) is 14.8 Å². The van der Waals surface area contributed by atoms with E-state index < -0.39 is 5.97 Å². The van der Waals surface area contributed by atoms with Gasteiger partial charge in [-0.1, -0.05) is 73.7 Å². The number of carbonyl (C=O) groups is 1. The average Bonchev–Trinajstić information content (AvgIpc) is 3.48. The van der Waals surface area contributed by atoms with Gasteiger partial charge in [-0.2, -0.15) is 0 Å². The number of nitrogens with one attached hydrogen (secondary N) is 1. The number of hydrogen-bond acceptors (Lipinski definition) is 6. The molecule has 1 aliphatic carbocycles. The van der Waals surface area contributed by atoms with Gasteiger partial charge in [-0.15, -0.1) is 0 Å². The highest BCUT2D eigenvalue weighted by Crippen LogP contribution is 2.43. The molecule has 0 unspecified atom stereocenters. The molecule has 172 valence electrons. The highest BCUT2D eigenvalue weighted by Gasteiger charge is 2.25. The molecular formula is C27H25N3O4. The molecule has 4 aromatic rings. The van der Waals surface area contributed by atoms with Crippen LogP contribution in [0, 0.1) is 0 Å². The van der Waals surface area contributed by atoms with Gasteiger partial charge < -0.3 is 19.6 Å². The lowest BCUT2D eigenvalue weighted by atomic mass is 9.98. The minimum atomic E-state index is -0.979. The molecule has 0 fully saturated rings. The normalized spacial score (nSPS) is 17.3. The number of carboxylic acid groups (broad SMARTS) is 1. The van der Waals surface area contributed by atoms with Crippen molar-refractivity contribution in [2.24, 2.45) is 0 Å². The van der Waals surface area contributed by atoms with Gasteiger partial charge in [-0.3, -0.25) is 0 Å². The summed E-state index contributed by atoms with van der Waals surface area (Å²) in [6.45, 7) is 1.82. The molecule has 0 amide bonds. The number of carboxylic acids is 1. The first-order valence-electron chi connectivity index (χ1n) is 11.3. The van der Waals surface area contributed by atoms with Crippen molar-refractivity contribution < 1.29 is 19.1 Å². The van der Waals surface area contributed by atoms with E-state index in [1.165, 1.54) is 11.9 Å². The second kappa shape index (κ2) is 9.49. The molecule has 0 aliphatic heterocycles. The fourth-order valence-electron chi connectivity index (χ4n) is 4.27. The molecule has 1 aliphatic rings. The molecule has 0 radical (unpaired) electrons. The number of aryl methyl sites for hydroxylation is 1. The summed E-state index contributed by atoms with van der Waals surface area (Å²) >= 11 is 0. The Morgan fingerprint density at radius 2 is 1.88 bits per heavy atom. The van der Waals surface area contributed by atoms with Gasteiger partial charge in [0.15, 0.2) is 0 Å². The second-order valence-corrected chi connectivity index (χ2v) is 8.24. The zero-order valence-corrected chi connectivity index (χ0v) is 18.8. The monoisotopic (exact) mass is 455 g/mol. The van der Waals surface area contributed by atoms with Crippen molar-refractivity contribution in [1.82, 2.24) is 9.97 Å². The van der Waals surface area contributed by atoms with Crippen molar-refractivity contribution in [2.75, 3.05) is 11.9 Å². The van der Waals surface area contributed by atoms with E-state index in [9.17, 15) is 4.79 Å². The number of fused-ring (bicyclic) bond motifs is 1. The van der Waals surface area contributed by atoms with Gasteiger partial charge >= 0.3 is 5.97 Å². The first-order chi connectivity index (χ1) is 16.6. The Morgan fingerprint density at radius 1 is 1.09 bits per heavy atom. The van der Waals surface area contributed by atoms with E-state index in [-0.39, 0.29) is 18.8 Å². The molecule has 7 nitrogen and oxygen atoms in total. The van der Waals surface area contributed by atoms with Crippen molar-refractivity contribution in [1.29, 1.82) is 0 Å². The maximum Gasteiger partial charge on any atom is 0.329 e. The Morgan fingerprint density at radius 3 is 2.62 bits per heavy atom. The van der Waals surface area contributed by atoms with Gasteiger partial charge in [0.05, 0.1) is 11.5 Å². The third-order valence-electron chi connectivity index (χ3n) is 5.96. The quantitative estimate of drug-likeness (QED) is 0.347. The van der Waals surface area contributed by atoms with E-state index in [1.54, 1.807) is 0 Å². The molecule has 7 heteroatoms. The van der Waals surface area contributed by atoms with Gasteiger partial charge in [0.2, 0.25) is 5.71 Å². The van der Waals surface area contributed by atoms with Crippen molar-refractivity contribution in [3.63, 3.8) is 0 Å². The third kappa shape index (κ3) is 4.43. The molecule has 2 aromatic heterocycles. The zero-order valence-electron chi connectivity index (χ0n) is 18.8. The van der Waals surface area contributed by atoms with E-state index in [1.807, 2.05) is 42.5 Å². The Balaban J connectivity index is 1.55. The molecule has 2 atom stereocenters. The number of aromatic nitrogens is 2. The van der Waals surface area contributed by atoms with E-state index in [4.69, 9.17) is 14.3 Å². The maximum absolute atomic E-state index is 10.8. The van der Waals surface area contributed by atoms with Gasteiger partial charge in [0, 0.05) is 23.6 Å². The number of anilines is 1. The van der Waals surface area contributed by atoms with Crippen LogP contribution in [0.2, 0.25) is 0 Å². The lowest BCUT2D eigenvalue weighted by Gasteiger charge is -2.15. The summed E-state index contributed by atoms with van der Waals surface area (Å²) in [5.74, 6) is 0.431. The minimum absolute atomic E-state index is 0.0534. The number of furan rings is 1. The third-order valence-corrected chi connectivity index (χ3v) is 5.96. The summed E-state index contributed by atoms with van der Waals surface area (Å²) in [6.07, 6.45) is 6.68. The standard InChI is InChI=1S/C27H25N3O4/c1-2-17-8-10-18(11-9-17)23-24-26(30-20-12-13-21(14-20)33-15-22(31)32)28-16-29-27(24)34-25(23)19-6-4-3-5-7-19/h3-13,16,20-21H,2,14-15H2,1H3,(H,31,32)(H,28,29,30)/t20-,21-/m1/s1. The molecule has 5 rings (SSSR count). The average molecular weight is 456 g/mol. The number of nitrogens with zero attached hydrogens (tertiary/aromatic N) is 2. The summed E-state index contributed by atoms with van der Waals surface area (Å²) in [5.41, 5.74) is 4.69. The molecule has 0 bridgehead atoms. The fourth-order valence-corrected chi connectivity index (χ4v) is 4.27. The van der Waals surface area contributed by atoms with Crippen molar-refractivity contribution in [3.05, 3.63) is 78.6 Å². The summed E-state index contributed by atoms with van der Waals surface area (Å²) in [4.78, 5) is 19.8. The van der Waals surface area contributed by atoms with E-state index >= 15 is 0 Å². The fraction of sp³-hybridized carbons (Fsp3) is 0.222. The molecule has 2 aromatic carbocycles. The van der Waals surface area contributed by atoms with Crippen LogP contribution in [-0.4, -0.2) is 39.8 Å². The van der Waals surface area contributed by atoms with Crippen molar-refractivity contribution >= 4 is 22.9 Å². The summed E-state index contributed by atoms with van der Waals surface area (Å²) in [5, 5.41) is 13.2. The van der Waals surface area contributed by atoms with Crippen LogP contribution < -0.4 is 5.32 Å². The van der Waals surface area contributed by atoms with Crippen LogP contribution in [0.25, 0.3) is 33.6 Å². The van der Waals surface area contributed by atoms with Crippen molar-refractivity contribution in [2.45, 2.75) is 31.9 Å². The van der Waals surface area contributed by atoms with Crippen LogP contribution >= 0.6 is 0 Å². The molecule has 0 saturated carbocycles. The van der Waals surface area contributed by atoms with Gasteiger partial charge in [0.1, 0.15) is 24.5 Å². The number of hydrogen-bond donors (Lipinski definition) is 2. The summed E-state index contributed by atoms with van der Waals surface area (Å²) < 4.78 is 11.7. The van der Waals surface area contributed by atoms with Crippen molar-refractivity contribution in [3.8, 4) is 22.5 Å². The van der Waals surface area contributed by atoms with E-state index in [0.717, 1.165) is 34.3 Å². The predicted molar refractivity (Wildman–Crippen MR) is 131 cm³/mol. The molecule has 2 N–H and O–H groups in total. The highest BCUT2D eigenvalue weighted by molar-refractivity contribution is 6.05. The smallest absolute Gasteiger partial charge is 0.329 e. The minimum Gasteiger partial charge on any atom is -0.480 e. The predicted octanol–water partition coefficient (Wildman–Crippen LogP) is 5.33. The number of benzene rings is 2. The number of ether oxygens (including phenoxy) is 1. The van der Waals surface area contributed by atoms with Gasteiger partial charge in [0.25, 0.3) is 0 Å². The lowest BCUT2D eigenvalue weighted by Crippen LogP contribution is -2.21. The largest absolute Gasteiger partial charge is 0.480 e. The first kappa shape index (κ1) is 21.9. The Kier molecular flexibility index (Phi) is 6.10. The topological polar surface area (TPSA) is 97.5 Å². The van der Waals surface area contributed by atoms with Crippen LogP contribution in [-0.2, 0) is 16.0 Å². The van der Waals surface area contributed by atoms with Crippen LogP contribution in [0.3, 0.4) is 0 Å². The highest BCUT2D eigenvalue weighted by atomic mass is 16.5. The van der Waals surface area contributed by atoms with Crippen LogP contribution in [0.4, 0.5) is 5.82 Å². The lowest BCUT2D eigenvalue weighted by molar-refractivity contribution is -0.143.